The van der Waals surface area contributed by atoms with Crippen molar-refractivity contribution in [1.82, 2.24) is 15.0 Å². The van der Waals surface area contributed by atoms with Crippen LogP contribution in [0.1, 0.15) is 35.5 Å². The monoisotopic (exact) mass is 304 g/mol. The number of nitrogens with two attached hydrogens (primary N) is 1. The van der Waals surface area contributed by atoms with Gasteiger partial charge in [-0.25, -0.2) is 4.68 Å². The molecule has 1 unspecified atom stereocenters. The van der Waals surface area contributed by atoms with Crippen LogP contribution in [0.2, 0.25) is 0 Å². The summed E-state index contributed by atoms with van der Waals surface area (Å²) >= 11 is 0. The van der Waals surface area contributed by atoms with Crippen LogP contribution in [-0.2, 0) is 6.54 Å². The number of nitrogens with zero attached hydrogens (tertiary/aromatic N) is 3. The molecule has 116 valence electrons. The standard InChI is InChI=1S/C19H20N4/c1-15(17-10-6-3-7-11-17)23-19(18(14-20)21-22-23)13-12-16-8-4-2-5-9-16/h2-13,15H,14,20H2,1H3/b13-12+. The zero-order valence-electron chi connectivity index (χ0n) is 13.1. The maximum absolute atomic E-state index is 5.82. The summed E-state index contributed by atoms with van der Waals surface area (Å²) in [6, 6.07) is 20.5. The lowest BCUT2D eigenvalue weighted by atomic mass is 10.1. The molecule has 0 amide bonds. The molecule has 1 heterocycles. The summed E-state index contributed by atoms with van der Waals surface area (Å²) in [5.74, 6) is 0. The van der Waals surface area contributed by atoms with E-state index < -0.39 is 0 Å². The first-order valence-corrected chi connectivity index (χ1v) is 7.72. The Morgan fingerprint density at radius 2 is 1.65 bits per heavy atom. The third-order valence-corrected chi connectivity index (χ3v) is 3.88. The first-order chi connectivity index (χ1) is 11.3. The molecule has 1 atom stereocenters. The first-order valence-electron chi connectivity index (χ1n) is 7.72. The number of benzene rings is 2. The molecule has 1 aromatic heterocycles. The Bertz CT molecular complexity index is 776. The van der Waals surface area contributed by atoms with Crippen LogP contribution >= 0.6 is 0 Å². The van der Waals surface area contributed by atoms with Gasteiger partial charge in [-0.05, 0) is 24.1 Å². The van der Waals surface area contributed by atoms with Gasteiger partial charge in [-0.2, -0.15) is 0 Å². The zero-order chi connectivity index (χ0) is 16.1. The van der Waals surface area contributed by atoms with Crippen LogP contribution in [0.15, 0.2) is 60.7 Å². The minimum absolute atomic E-state index is 0.0967. The quantitative estimate of drug-likeness (QED) is 0.784. The lowest BCUT2D eigenvalue weighted by Gasteiger charge is -2.14. The van der Waals surface area contributed by atoms with E-state index in [-0.39, 0.29) is 6.04 Å². The van der Waals surface area contributed by atoms with E-state index in [0.717, 1.165) is 17.0 Å². The van der Waals surface area contributed by atoms with Crippen molar-refractivity contribution >= 4 is 12.2 Å². The average Bonchev–Trinajstić information content (AvgIpc) is 3.04. The van der Waals surface area contributed by atoms with Crippen molar-refractivity contribution in [2.24, 2.45) is 5.73 Å². The topological polar surface area (TPSA) is 56.7 Å². The molecular formula is C19H20N4. The summed E-state index contributed by atoms with van der Waals surface area (Å²) in [4.78, 5) is 0. The zero-order valence-corrected chi connectivity index (χ0v) is 13.1. The molecule has 0 saturated carbocycles. The van der Waals surface area contributed by atoms with E-state index in [1.165, 1.54) is 5.56 Å². The molecule has 0 radical (unpaired) electrons. The highest BCUT2D eigenvalue weighted by Crippen LogP contribution is 2.21. The van der Waals surface area contributed by atoms with Crippen LogP contribution < -0.4 is 5.73 Å². The van der Waals surface area contributed by atoms with Gasteiger partial charge >= 0.3 is 0 Å². The van der Waals surface area contributed by atoms with Crippen molar-refractivity contribution in [3.63, 3.8) is 0 Å². The third-order valence-electron chi connectivity index (χ3n) is 3.88. The Hall–Kier alpha value is -2.72. The molecule has 0 spiro atoms. The molecule has 0 aliphatic rings. The lowest BCUT2D eigenvalue weighted by molar-refractivity contribution is 0.539. The van der Waals surface area contributed by atoms with Gasteiger partial charge in [0, 0.05) is 6.54 Å². The summed E-state index contributed by atoms with van der Waals surface area (Å²) in [6.45, 7) is 2.49. The molecular weight excluding hydrogens is 284 g/mol. The molecule has 0 aliphatic carbocycles. The molecule has 3 aromatic rings. The van der Waals surface area contributed by atoms with E-state index in [1.807, 2.05) is 47.2 Å². The van der Waals surface area contributed by atoms with Gasteiger partial charge in [0.25, 0.3) is 0 Å². The van der Waals surface area contributed by atoms with Gasteiger partial charge in [0.1, 0.15) is 5.69 Å². The van der Waals surface area contributed by atoms with Crippen molar-refractivity contribution < 1.29 is 0 Å². The van der Waals surface area contributed by atoms with E-state index in [2.05, 4.69) is 47.6 Å². The van der Waals surface area contributed by atoms with Crippen LogP contribution in [-0.4, -0.2) is 15.0 Å². The van der Waals surface area contributed by atoms with Crippen molar-refractivity contribution in [3.05, 3.63) is 83.2 Å². The van der Waals surface area contributed by atoms with Gasteiger partial charge in [0.2, 0.25) is 0 Å². The number of rotatable bonds is 5. The lowest BCUT2D eigenvalue weighted by Crippen LogP contribution is -2.11. The molecule has 4 nitrogen and oxygen atoms in total. The number of hydrogen-bond acceptors (Lipinski definition) is 3. The van der Waals surface area contributed by atoms with Crippen molar-refractivity contribution in [2.45, 2.75) is 19.5 Å². The highest BCUT2D eigenvalue weighted by molar-refractivity contribution is 5.69. The number of hydrogen-bond donors (Lipinski definition) is 1. The Kier molecular flexibility index (Phi) is 4.64. The summed E-state index contributed by atoms with van der Waals surface area (Å²) < 4.78 is 1.93. The van der Waals surface area contributed by atoms with Crippen LogP contribution in [0.4, 0.5) is 0 Å². The van der Waals surface area contributed by atoms with E-state index in [9.17, 15) is 0 Å². The van der Waals surface area contributed by atoms with Crippen LogP contribution in [0.5, 0.6) is 0 Å². The average molecular weight is 304 g/mol. The maximum atomic E-state index is 5.82. The smallest absolute Gasteiger partial charge is 0.104 e. The molecule has 0 fully saturated rings. The second kappa shape index (κ2) is 7.03. The molecule has 0 saturated heterocycles. The Morgan fingerprint density at radius 3 is 2.30 bits per heavy atom. The van der Waals surface area contributed by atoms with E-state index in [4.69, 9.17) is 5.73 Å². The SMILES string of the molecule is CC(c1ccccc1)n1nnc(CN)c1/C=C/c1ccccc1. The first kappa shape index (κ1) is 15.2. The highest BCUT2D eigenvalue weighted by atomic mass is 15.4. The Morgan fingerprint density at radius 1 is 1.00 bits per heavy atom. The molecule has 0 bridgehead atoms. The maximum Gasteiger partial charge on any atom is 0.104 e. The molecule has 2 aromatic carbocycles. The second-order valence-corrected chi connectivity index (χ2v) is 5.40. The Labute approximate surface area is 136 Å². The summed E-state index contributed by atoms with van der Waals surface area (Å²) in [7, 11) is 0. The summed E-state index contributed by atoms with van der Waals surface area (Å²) in [6.07, 6.45) is 4.10. The van der Waals surface area contributed by atoms with E-state index >= 15 is 0 Å². The Balaban J connectivity index is 1.96. The van der Waals surface area contributed by atoms with Crippen molar-refractivity contribution in [1.29, 1.82) is 0 Å². The largest absolute Gasteiger partial charge is 0.325 e. The molecule has 4 heteroatoms. The second-order valence-electron chi connectivity index (χ2n) is 5.40. The minimum Gasteiger partial charge on any atom is -0.325 e. The molecule has 2 N–H and O–H groups in total. The van der Waals surface area contributed by atoms with E-state index in [0.29, 0.717) is 6.54 Å². The van der Waals surface area contributed by atoms with Gasteiger partial charge < -0.3 is 5.73 Å². The van der Waals surface area contributed by atoms with Gasteiger partial charge in [0.05, 0.1) is 11.7 Å². The minimum atomic E-state index is 0.0967. The summed E-state index contributed by atoms with van der Waals surface area (Å²) in [5, 5.41) is 8.54. The third kappa shape index (κ3) is 3.38. The van der Waals surface area contributed by atoms with Gasteiger partial charge in [-0.1, -0.05) is 72.0 Å². The summed E-state index contributed by atoms with van der Waals surface area (Å²) in [5.41, 5.74) is 9.90. The molecule has 3 rings (SSSR count). The van der Waals surface area contributed by atoms with Crippen LogP contribution in [0.3, 0.4) is 0 Å². The normalized spacial score (nSPS) is 12.6. The van der Waals surface area contributed by atoms with Gasteiger partial charge in [0.15, 0.2) is 0 Å². The fourth-order valence-electron chi connectivity index (χ4n) is 2.55. The molecule has 0 aliphatic heterocycles. The fraction of sp³-hybridized carbons (Fsp3) is 0.158. The van der Waals surface area contributed by atoms with Crippen molar-refractivity contribution in [2.75, 3.05) is 0 Å². The van der Waals surface area contributed by atoms with Crippen LogP contribution in [0.25, 0.3) is 12.2 Å². The predicted molar refractivity (Wildman–Crippen MR) is 93.5 cm³/mol. The molecule has 23 heavy (non-hydrogen) atoms. The predicted octanol–water partition coefficient (Wildman–Crippen LogP) is 3.52. The van der Waals surface area contributed by atoms with Crippen molar-refractivity contribution in [3.8, 4) is 0 Å². The van der Waals surface area contributed by atoms with Gasteiger partial charge in [-0.3, -0.25) is 0 Å². The van der Waals surface area contributed by atoms with E-state index in [1.54, 1.807) is 0 Å². The van der Waals surface area contributed by atoms with Gasteiger partial charge in [-0.15, -0.1) is 5.10 Å². The highest BCUT2D eigenvalue weighted by Gasteiger charge is 2.15. The van der Waals surface area contributed by atoms with Crippen LogP contribution in [0, 0.1) is 0 Å². The number of aromatic nitrogens is 3. The fourth-order valence-corrected chi connectivity index (χ4v) is 2.55.